The number of hydrogen-bond acceptors (Lipinski definition) is 3. The van der Waals surface area contributed by atoms with Crippen molar-refractivity contribution in [3.63, 3.8) is 0 Å². The van der Waals surface area contributed by atoms with Crippen molar-refractivity contribution in [3.05, 3.63) is 64.7 Å². The van der Waals surface area contributed by atoms with Crippen LogP contribution in [0.3, 0.4) is 0 Å². The monoisotopic (exact) mass is 359 g/mol. The average Bonchev–Trinajstić information content (AvgIpc) is 2.62. The zero-order valence-electron chi connectivity index (χ0n) is 14.3. The minimum Gasteiger partial charge on any atom is -0.355 e. The van der Waals surface area contributed by atoms with Crippen LogP contribution in [0.2, 0.25) is 0 Å². The predicted molar refractivity (Wildman–Crippen MR) is 101 cm³/mol. The number of carbonyl (C=O) groups excluding carboxylic acids is 2. The van der Waals surface area contributed by atoms with Gasteiger partial charge in [-0.2, -0.15) is 0 Å². The molecule has 1 atom stereocenters. The molecule has 2 aromatic rings. The van der Waals surface area contributed by atoms with Gasteiger partial charge in [-0.05, 0) is 42.2 Å². The first-order valence-corrected chi connectivity index (χ1v) is 8.03. The lowest BCUT2D eigenvalue weighted by Gasteiger charge is -2.25. The minimum absolute atomic E-state index is 0. The highest BCUT2D eigenvalue weighted by atomic mass is 35.5. The maximum Gasteiger partial charge on any atom is 0.251 e. The third-order valence-corrected chi connectivity index (χ3v) is 4.46. The lowest BCUT2D eigenvalue weighted by molar-refractivity contribution is -0.118. The molecular weight excluding hydrogens is 338 g/mol. The third-order valence-electron chi connectivity index (χ3n) is 4.46. The largest absolute Gasteiger partial charge is 0.355 e. The standard InChI is InChI=1S/C19H21N3O2.ClH/c1-12-15(18(23)20-2)8-5-9-16(12)22-19(24)17-10-13-6-3-4-7-14(13)11-21-17;/h3-9,17,21H,10-11H2,1-2H3,(H,20,23)(H,22,24);1H. The van der Waals surface area contributed by atoms with Crippen LogP contribution in [0.5, 0.6) is 0 Å². The topological polar surface area (TPSA) is 70.2 Å². The average molecular weight is 360 g/mol. The Balaban J connectivity index is 0.00000225. The summed E-state index contributed by atoms with van der Waals surface area (Å²) in [5.74, 6) is -0.241. The molecule has 1 heterocycles. The molecule has 0 aromatic heterocycles. The molecule has 0 saturated carbocycles. The van der Waals surface area contributed by atoms with Crippen LogP contribution in [-0.4, -0.2) is 24.9 Å². The van der Waals surface area contributed by atoms with Crippen LogP contribution in [0, 0.1) is 6.92 Å². The molecular formula is C19H22ClN3O2. The van der Waals surface area contributed by atoms with E-state index in [1.165, 1.54) is 11.1 Å². The zero-order valence-corrected chi connectivity index (χ0v) is 15.1. The molecule has 132 valence electrons. The summed E-state index contributed by atoms with van der Waals surface area (Å²) in [6.45, 7) is 2.52. The van der Waals surface area contributed by atoms with Crippen molar-refractivity contribution in [2.24, 2.45) is 0 Å². The van der Waals surface area contributed by atoms with Crippen LogP contribution in [0.15, 0.2) is 42.5 Å². The molecule has 2 amide bonds. The molecule has 1 aliphatic heterocycles. The van der Waals surface area contributed by atoms with E-state index in [1.54, 1.807) is 19.2 Å². The molecule has 2 aromatic carbocycles. The van der Waals surface area contributed by atoms with Gasteiger partial charge < -0.3 is 16.0 Å². The Hall–Kier alpha value is -2.37. The number of carbonyl (C=O) groups is 2. The van der Waals surface area contributed by atoms with E-state index in [9.17, 15) is 9.59 Å². The Labute approximate surface area is 153 Å². The second-order valence-electron chi connectivity index (χ2n) is 5.95. The normalized spacial score (nSPS) is 15.5. The Bertz CT molecular complexity index is 792. The van der Waals surface area contributed by atoms with Crippen LogP contribution in [0.4, 0.5) is 5.69 Å². The summed E-state index contributed by atoms with van der Waals surface area (Å²) >= 11 is 0. The van der Waals surface area contributed by atoms with Crippen molar-refractivity contribution in [1.82, 2.24) is 10.6 Å². The molecule has 6 heteroatoms. The Morgan fingerprint density at radius 3 is 2.52 bits per heavy atom. The van der Waals surface area contributed by atoms with E-state index in [0.29, 0.717) is 24.2 Å². The van der Waals surface area contributed by atoms with Crippen molar-refractivity contribution in [1.29, 1.82) is 0 Å². The van der Waals surface area contributed by atoms with Crippen molar-refractivity contribution >= 4 is 29.9 Å². The molecule has 0 fully saturated rings. The van der Waals surface area contributed by atoms with Crippen LogP contribution in [0.1, 0.15) is 27.0 Å². The Kier molecular flexibility index (Phi) is 6.17. The van der Waals surface area contributed by atoms with Crippen LogP contribution >= 0.6 is 12.4 Å². The SMILES string of the molecule is CNC(=O)c1cccc(NC(=O)C2Cc3ccccc3CN2)c1C.Cl. The van der Waals surface area contributed by atoms with Crippen LogP contribution < -0.4 is 16.0 Å². The number of fused-ring (bicyclic) bond motifs is 1. The molecule has 0 saturated heterocycles. The summed E-state index contributed by atoms with van der Waals surface area (Å²) < 4.78 is 0. The van der Waals surface area contributed by atoms with Crippen molar-refractivity contribution < 1.29 is 9.59 Å². The van der Waals surface area contributed by atoms with Gasteiger partial charge in [-0.1, -0.05) is 30.3 Å². The van der Waals surface area contributed by atoms with Crippen molar-refractivity contribution in [2.75, 3.05) is 12.4 Å². The number of hydrogen-bond donors (Lipinski definition) is 3. The van der Waals surface area contributed by atoms with Gasteiger partial charge in [-0.3, -0.25) is 9.59 Å². The summed E-state index contributed by atoms with van der Waals surface area (Å²) in [6, 6.07) is 13.2. The molecule has 0 radical (unpaired) electrons. The predicted octanol–water partition coefficient (Wildman–Crippen LogP) is 2.43. The van der Waals surface area contributed by atoms with E-state index in [0.717, 1.165) is 5.56 Å². The Morgan fingerprint density at radius 1 is 1.08 bits per heavy atom. The highest BCUT2D eigenvalue weighted by molar-refractivity contribution is 6.00. The second kappa shape index (κ2) is 8.14. The quantitative estimate of drug-likeness (QED) is 0.788. The van der Waals surface area contributed by atoms with Gasteiger partial charge in [0.1, 0.15) is 0 Å². The second-order valence-corrected chi connectivity index (χ2v) is 5.95. The van der Waals surface area contributed by atoms with E-state index in [-0.39, 0.29) is 30.3 Å². The van der Waals surface area contributed by atoms with Gasteiger partial charge in [0.2, 0.25) is 5.91 Å². The van der Waals surface area contributed by atoms with Crippen LogP contribution in [0.25, 0.3) is 0 Å². The highest BCUT2D eigenvalue weighted by Crippen LogP contribution is 2.21. The van der Waals surface area contributed by atoms with Gasteiger partial charge in [0.15, 0.2) is 0 Å². The van der Waals surface area contributed by atoms with Gasteiger partial charge >= 0.3 is 0 Å². The van der Waals surface area contributed by atoms with Gasteiger partial charge in [0, 0.05) is 24.8 Å². The number of halogens is 1. The molecule has 5 nitrogen and oxygen atoms in total. The fourth-order valence-corrected chi connectivity index (χ4v) is 3.01. The lowest BCUT2D eigenvalue weighted by Crippen LogP contribution is -2.44. The number of benzene rings is 2. The van der Waals surface area contributed by atoms with E-state index in [1.807, 2.05) is 25.1 Å². The summed E-state index contributed by atoms with van der Waals surface area (Å²) in [6.07, 6.45) is 0.663. The number of amides is 2. The fraction of sp³-hybridized carbons (Fsp3) is 0.263. The van der Waals surface area contributed by atoms with E-state index in [2.05, 4.69) is 28.1 Å². The molecule has 0 bridgehead atoms. The number of anilines is 1. The minimum atomic E-state index is -0.275. The smallest absolute Gasteiger partial charge is 0.251 e. The molecule has 0 spiro atoms. The van der Waals surface area contributed by atoms with Crippen LogP contribution in [-0.2, 0) is 17.8 Å². The van der Waals surface area contributed by atoms with Crippen molar-refractivity contribution in [3.8, 4) is 0 Å². The molecule has 25 heavy (non-hydrogen) atoms. The van der Waals surface area contributed by atoms with Gasteiger partial charge in [-0.15, -0.1) is 12.4 Å². The lowest BCUT2D eigenvalue weighted by atomic mass is 9.95. The first-order chi connectivity index (χ1) is 11.6. The summed E-state index contributed by atoms with van der Waals surface area (Å²) in [5, 5.41) is 8.83. The van der Waals surface area contributed by atoms with Gasteiger partial charge in [0.05, 0.1) is 6.04 Å². The van der Waals surface area contributed by atoms with E-state index >= 15 is 0 Å². The van der Waals surface area contributed by atoms with E-state index < -0.39 is 0 Å². The summed E-state index contributed by atoms with van der Waals surface area (Å²) in [4.78, 5) is 24.5. The summed E-state index contributed by atoms with van der Waals surface area (Å²) in [5.41, 5.74) is 4.44. The first-order valence-electron chi connectivity index (χ1n) is 8.03. The van der Waals surface area contributed by atoms with Gasteiger partial charge in [0.25, 0.3) is 5.91 Å². The third kappa shape index (κ3) is 4.00. The number of nitrogens with one attached hydrogen (secondary N) is 3. The highest BCUT2D eigenvalue weighted by Gasteiger charge is 2.24. The molecule has 1 aliphatic rings. The molecule has 3 N–H and O–H groups in total. The molecule has 3 rings (SSSR count). The maximum absolute atomic E-state index is 12.6. The first kappa shape index (κ1) is 19.0. The molecule has 0 aliphatic carbocycles. The maximum atomic E-state index is 12.6. The van der Waals surface area contributed by atoms with Gasteiger partial charge in [-0.25, -0.2) is 0 Å². The zero-order chi connectivity index (χ0) is 17.1. The van der Waals surface area contributed by atoms with E-state index in [4.69, 9.17) is 0 Å². The Morgan fingerprint density at radius 2 is 1.80 bits per heavy atom. The van der Waals surface area contributed by atoms with Crippen molar-refractivity contribution in [2.45, 2.75) is 25.9 Å². The summed E-state index contributed by atoms with van der Waals surface area (Å²) in [7, 11) is 1.59. The molecule has 1 unspecified atom stereocenters. The number of rotatable bonds is 3. The fourth-order valence-electron chi connectivity index (χ4n) is 3.01.